The predicted molar refractivity (Wildman–Crippen MR) is 109 cm³/mol. The second kappa shape index (κ2) is 8.65. The van der Waals surface area contributed by atoms with Gasteiger partial charge in [-0.05, 0) is 62.4 Å². The maximum atomic E-state index is 13.1. The number of carbonyl (C=O) groups excluding carboxylic acids is 1. The molecule has 6 nitrogen and oxygen atoms in total. The molecule has 0 saturated carbocycles. The predicted octanol–water partition coefficient (Wildman–Crippen LogP) is 3.07. The summed E-state index contributed by atoms with van der Waals surface area (Å²) in [7, 11) is 0. The first-order valence-corrected chi connectivity index (χ1v) is 10.5. The molecule has 4 rings (SSSR count). The van der Waals surface area contributed by atoms with E-state index in [9.17, 15) is 14.0 Å². The van der Waals surface area contributed by atoms with E-state index in [1.807, 2.05) is 0 Å². The molecular formula is C21H21FN4O2S. The lowest BCUT2D eigenvalue weighted by Crippen LogP contribution is -2.29. The maximum Gasteiger partial charge on any atom is 0.271 e. The number of nitrogens with zero attached hydrogens (tertiary/aromatic N) is 3. The lowest BCUT2D eigenvalue weighted by atomic mass is 10.0. The molecule has 1 aliphatic rings. The molecule has 0 radical (unpaired) electrons. The summed E-state index contributed by atoms with van der Waals surface area (Å²) >= 11 is 1.79. The van der Waals surface area contributed by atoms with Crippen molar-refractivity contribution in [2.24, 2.45) is 0 Å². The molecule has 1 aliphatic carbocycles. The average Bonchev–Trinajstić information content (AvgIpc) is 3.15. The van der Waals surface area contributed by atoms with E-state index in [2.05, 4.69) is 10.4 Å². The number of aromatic nitrogens is 3. The zero-order valence-corrected chi connectivity index (χ0v) is 16.7. The fraction of sp³-hybridized carbons (Fsp3) is 0.333. The Morgan fingerprint density at radius 2 is 1.93 bits per heavy atom. The van der Waals surface area contributed by atoms with Gasteiger partial charge in [-0.1, -0.05) is 0 Å². The third kappa shape index (κ3) is 4.59. The van der Waals surface area contributed by atoms with Gasteiger partial charge in [-0.2, -0.15) is 9.78 Å². The first-order chi connectivity index (χ1) is 14.1. The quantitative estimate of drug-likeness (QED) is 0.632. The number of nitrogens with one attached hydrogen (secondary N) is 1. The fourth-order valence-corrected chi connectivity index (χ4v) is 4.54. The highest BCUT2D eigenvalue weighted by Crippen LogP contribution is 2.27. The van der Waals surface area contributed by atoms with Crippen molar-refractivity contribution >= 4 is 17.2 Å². The summed E-state index contributed by atoms with van der Waals surface area (Å²) in [5.74, 6) is -0.754. The van der Waals surface area contributed by atoms with Gasteiger partial charge in [0.25, 0.3) is 11.5 Å². The third-order valence-corrected chi connectivity index (χ3v) is 6.06. The Labute approximate surface area is 171 Å². The Hall–Kier alpha value is -2.87. The summed E-state index contributed by atoms with van der Waals surface area (Å²) < 4.78 is 14.2. The lowest BCUT2D eigenvalue weighted by Gasteiger charge is -2.07. The van der Waals surface area contributed by atoms with Gasteiger partial charge in [-0.3, -0.25) is 9.59 Å². The van der Waals surface area contributed by atoms with E-state index >= 15 is 0 Å². The van der Waals surface area contributed by atoms with Crippen molar-refractivity contribution in [3.8, 4) is 5.69 Å². The Balaban J connectivity index is 1.35. The van der Waals surface area contributed by atoms with Crippen molar-refractivity contribution in [1.29, 1.82) is 0 Å². The lowest BCUT2D eigenvalue weighted by molar-refractivity contribution is 0.0946. The van der Waals surface area contributed by atoms with Crippen LogP contribution >= 0.6 is 11.3 Å². The molecule has 2 aromatic heterocycles. The van der Waals surface area contributed by atoms with Gasteiger partial charge in [0.15, 0.2) is 0 Å². The van der Waals surface area contributed by atoms with Crippen molar-refractivity contribution in [3.63, 3.8) is 0 Å². The minimum Gasteiger partial charge on any atom is -0.351 e. The summed E-state index contributed by atoms with van der Waals surface area (Å²) in [6, 6.07) is 8.05. The molecule has 150 valence electrons. The van der Waals surface area contributed by atoms with Crippen molar-refractivity contribution < 1.29 is 9.18 Å². The number of halogens is 1. The van der Waals surface area contributed by atoms with Crippen LogP contribution in [0.4, 0.5) is 4.39 Å². The maximum absolute atomic E-state index is 13.1. The highest BCUT2D eigenvalue weighted by molar-refractivity contribution is 7.11. The van der Waals surface area contributed by atoms with Crippen LogP contribution in [-0.4, -0.2) is 27.2 Å². The number of benzene rings is 1. The van der Waals surface area contributed by atoms with Gasteiger partial charge >= 0.3 is 0 Å². The number of hydrogen-bond acceptors (Lipinski definition) is 5. The van der Waals surface area contributed by atoms with E-state index in [-0.39, 0.29) is 17.2 Å². The second-order valence-electron chi connectivity index (χ2n) is 6.99. The highest BCUT2D eigenvalue weighted by Gasteiger charge is 2.15. The molecule has 0 saturated heterocycles. The van der Waals surface area contributed by atoms with Crippen LogP contribution < -0.4 is 10.9 Å². The largest absolute Gasteiger partial charge is 0.351 e. The molecule has 3 aromatic rings. The molecule has 0 spiro atoms. The van der Waals surface area contributed by atoms with Crippen LogP contribution in [-0.2, 0) is 19.3 Å². The van der Waals surface area contributed by atoms with Gasteiger partial charge in [0.05, 0.1) is 16.4 Å². The number of hydrogen-bond donors (Lipinski definition) is 1. The van der Waals surface area contributed by atoms with Gasteiger partial charge < -0.3 is 5.32 Å². The Morgan fingerprint density at radius 3 is 2.72 bits per heavy atom. The van der Waals surface area contributed by atoms with Crippen molar-refractivity contribution in [3.05, 3.63) is 73.8 Å². The van der Waals surface area contributed by atoms with Crippen LogP contribution in [0.25, 0.3) is 5.69 Å². The zero-order valence-electron chi connectivity index (χ0n) is 15.9. The summed E-state index contributed by atoms with van der Waals surface area (Å²) in [5.41, 5.74) is 1.41. The summed E-state index contributed by atoms with van der Waals surface area (Å²) in [6.45, 7) is 0.500. The van der Waals surface area contributed by atoms with Crippen LogP contribution in [0.2, 0.25) is 0 Å². The molecule has 0 aliphatic heterocycles. The SMILES string of the molecule is O=C(NCCCc1nc2c(s1)CCCC2)c1ccc(=O)n(-c2ccc(F)cc2)n1. The smallest absolute Gasteiger partial charge is 0.271 e. The van der Waals surface area contributed by atoms with Gasteiger partial charge in [0.1, 0.15) is 11.5 Å². The van der Waals surface area contributed by atoms with Gasteiger partial charge in [-0.15, -0.1) is 11.3 Å². The molecule has 2 heterocycles. The van der Waals surface area contributed by atoms with E-state index < -0.39 is 5.82 Å². The number of amides is 1. The molecule has 1 aromatic carbocycles. The normalized spacial score (nSPS) is 13.1. The Bertz CT molecular complexity index is 1050. The van der Waals surface area contributed by atoms with E-state index in [4.69, 9.17) is 4.98 Å². The zero-order chi connectivity index (χ0) is 20.2. The molecular weight excluding hydrogens is 391 g/mol. The van der Waals surface area contributed by atoms with Crippen LogP contribution in [0.15, 0.2) is 41.2 Å². The summed E-state index contributed by atoms with van der Waals surface area (Å²) in [4.78, 5) is 30.6. The minimum absolute atomic E-state index is 0.138. The van der Waals surface area contributed by atoms with Gasteiger partial charge in [-0.25, -0.2) is 9.37 Å². The average molecular weight is 412 g/mol. The summed E-state index contributed by atoms with van der Waals surface area (Å²) in [6.07, 6.45) is 6.31. The Kier molecular flexibility index (Phi) is 5.80. The van der Waals surface area contributed by atoms with Gasteiger partial charge in [0.2, 0.25) is 0 Å². The van der Waals surface area contributed by atoms with E-state index in [1.54, 1.807) is 11.3 Å². The highest BCUT2D eigenvalue weighted by atomic mass is 32.1. The van der Waals surface area contributed by atoms with Crippen LogP contribution in [0.1, 0.15) is 45.3 Å². The van der Waals surface area contributed by atoms with Gasteiger partial charge in [0, 0.05) is 23.9 Å². The number of rotatable bonds is 6. The molecule has 8 heteroatoms. The molecule has 0 fully saturated rings. The molecule has 0 bridgehead atoms. The minimum atomic E-state index is -0.406. The third-order valence-electron chi connectivity index (χ3n) is 4.85. The van der Waals surface area contributed by atoms with E-state index in [0.717, 1.165) is 35.4 Å². The van der Waals surface area contributed by atoms with Crippen LogP contribution in [0, 0.1) is 5.82 Å². The molecule has 1 amide bonds. The number of aryl methyl sites for hydroxylation is 3. The molecule has 0 atom stereocenters. The van der Waals surface area contributed by atoms with Crippen LogP contribution in [0.3, 0.4) is 0 Å². The second-order valence-corrected chi connectivity index (χ2v) is 8.16. The molecule has 29 heavy (non-hydrogen) atoms. The topological polar surface area (TPSA) is 76.9 Å². The monoisotopic (exact) mass is 412 g/mol. The first-order valence-electron chi connectivity index (χ1n) is 9.72. The van der Waals surface area contributed by atoms with Crippen molar-refractivity contribution in [2.45, 2.75) is 38.5 Å². The fourth-order valence-electron chi connectivity index (χ4n) is 3.34. The van der Waals surface area contributed by atoms with Crippen LogP contribution in [0.5, 0.6) is 0 Å². The number of fused-ring (bicyclic) bond motifs is 1. The molecule has 0 unspecified atom stereocenters. The van der Waals surface area contributed by atoms with Crippen molar-refractivity contribution in [2.75, 3.05) is 6.54 Å². The number of carbonyl (C=O) groups is 1. The standard InChI is InChI=1S/C21H21FN4O2S/c22-14-7-9-15(10-8-14)26-20(27)12-11-17(25-26)21(28)23-13-3-6-19-24-16-4-1-2-5-18(16)29-19/h7-12H,1-6,13H2,(H,23,28). The first kappa shape index (κ1) is 19.4. The number of thiazole rings is 1. The Morgan fingerprint density at radius 1 is 1.14 bits per heavy atom. The van der Waals surface area contributed by atoms with E-state index in [0.29, 0.717) is 12.2 Å². The van der Waals surface area contributed by atoms with E-state index in [1.165, 1.54) is 59.8 Å². The molecule has 1 N–H and O–H groups in total. The summed E-state index contributed by atoms with van der Waals surface area (Å²) in [5, 5.41) is 8.08. The van der Waals surface area contributed by atoms with Crippen molar-refractivity contribution in [1.82, 2.24) is 20.1 Å².